The molecule has 0 spiro atoms. The van der Waals surface area contributed by atoms with E-state index in [9.17, 15) is 0 Å². The standard InChI is InChI=1S/C12H20N2/c1-5-12(3,4)14-9-11-7-6-8-13-10(11)2/h6-8,14H,5,9H2,1-4H3. The molecule has 0 aliphatic rings. The van der Waals surface area contributed by atoms with Gasteiger partial charge in [-0.3, -0.25) is 4.98 Å². The molecule has 1 aromatic rings. The van der Waals surface area contributed by atoms with Gasteiger partial charge in [0.25, 0.3) is 0 Å². The quantitative estimate of drug-likeness (QED) is 0.793. The number of aryl methyl sites for hydroxylation is 1. The number of pyridine rings is 1. The summed E-state index contributed by atoms with van der Waals surface area (Å²) in [6.45, 7) is 9.59. The maximum atomic E-state index is 4.27. The molecule has 0 amide bonds. The molecular weight excluding hydrogens is 172 g/mol. The lowest BCUT2D eigenvalue weighted by molar-refractivity contribution is 0.374. The van der Waals surface area contributed by atoms with Crippen LogP contribution in [0.3, 0.4) is 0 Å². The van der Waals surface area contributed by atoms with Gasteiger partial charge in [0.2, 0.25) is 0 Å². The van der Waals surface area contributed by atoms with Crippen molar-refractivity contribution in [2.45, 2.75) is 46.2 Å². The lowest BCUT2D eigenvalue weighted by Gasteiger charge is -2.24. The Hall–Kier alpha value is -0.890. The van der Waals surface area contributed by atoms with Crippen molar-refractivity contribution >= 4 is 0 Å². The average molecular weight is 192 g/mol. The Morgan fingerprint density at radius 2 is 2.14 bits per heavy atom. The molecule has 0 bridgehead atoms. The third-order valence-corrected chi connectivity index (χ3v) is 2.76. The second kappa shape index (κ2) is 4.56. The van der Waals surface area contributed by atoms with Crippen molar-refractivity contribution in [1.29, 1.82) is 0 Å². The van der Waals surface area contributed by atoms with Crippen molar-refractivity contribution < 1.29 is 0 Å². The van der Waals surface area contributed by atoms with Crippen LogP contribution in [0.4, 0.5) is 0 Å². The number of nitrogens with one attached hydrogen (secondary N) is 1. The molecule has 1 aromatic heterocycles. The van der Waals surface area contributed by atoms with Crippen LogP contribution >= 0.6 is 0 Å². The van der Waals surface area contributed by atoms with E-state index in [0.29, 0.717) is 0 Å². The summed E-state index contributed by atoms with van der Waals surface area (Å²) >= 11 is 0. The SMILES string of the molecule is CCC(C)(C)NCc1cccnc1C. The summed E-state index contributed by atoms with van der Waals surface area (Å²) in [6, 6.07) is 4.12. The summed E-state index contributed by atoms with van der Waals surface area (Å²) < 4.78 is 0. The van der Waals surface area contributed by atoms with Crippen molar-refractivity contribution in [2.75, 3.05) is 0 Å². The van der Waals surface area contributed by atoms with Crippen molar-refractivity contribution in [3.05, 3.63) is 29.6 Å². The van der Waals surface area contributed by atoms with Crippen molar-refractivity contribution in [3.8, 4) is 0 Å². The average Bonchev–Trinajstić information content (AvgIpc) is 2.17. The lowest BCUT2D eigenvalue weighted by atomic mass is 10.0. The van der Waals surface area contributed by atoms with Crippen LogP contribution in [0, 0.1) is 6.92 Å². The molecule has 0 aromatic carbocycles. The summed E-state index contributed by atoms with van der Waals surface area (Å²) in [5.74, 6) is 0. The first-order chi connectivity index (χ1) is 6.55. The van der Waals surface area contributed by atoms with Crippen molar-refractivity contribution in [3.63, 3.8) is 0 Å². The van der Waals surface area contributed by atoms with E-state index in [-0.39, 0.29) is 5.54 Å². The molecule has 0 radical (unpaired) electrons. The smallest absolute Gasteiger partial charge is 0.0417 e. The Labute approximate surface area is 86.8 Å². The van der Waals surface area contributed by atoms with Crippen molar-refractivity contribution in [1.82, 2.24) is 10.3 Å². The third-order valence-electron chi connectivity index (χ3n) is 2.76. The monoisotopic (exact) mass is 192 g/mol. The van der Waals surface area contributed by atoms with Crippen LogP contribution in [0.5, 0.6) is 0 Å². The number of hydrogen-bond acceptors (Lipinski definition) is 2. The molecule has 1 heterocycles. The molecule has 1 rings (SSSR count). The highest BCUT2D eigenvalue weighted by atomic mass is 14.9. The third kappa shape index (κ3) is 3.11. The Kier molecular flexibility index (Phi) is 3.64. The van der Waals surface area contributed by atoms with E-state index in [1.54, 1.807) is 0 Å². The lowest BCUT2D eigenvalue weighted by Crippen LogP contribution is -2.38. The van der Waals surface area contributed by atoms with Gasteiger partial charge < -0.3 is 5.32 Å². The fourth-order valence-electron chi connectivity index (χ4n) is 1.16. The minimum Gasteiger partial charge on any atom is -0.308 e. The Bertz CT molecular complexity index is 292. The maximum Gasteiger partial charge on any atom is 0.0417 e. The molecule has 1 N–H and O–H groups in total. The van der Waals surface area contributed by atoms with E-state index >= 15 is 0 Å². The minimum atomic E-state index is 0.211. The zero-order valence-electron chi connectivity index (χ0n) is 9.59. The highest BCUT2D eigenvalue weighted by Gasteiger charge is 2.13. The van der Waals surface area contributed by atoms with Crippen LogP contribution in [0.15, 0.2) is 18.3 Å². The van der Waals surface area contributed by atoms with E-state index < -0.39 is 0 Å². The summed E-state index contributed by atoms with van der Waals surface area (Å²) in [7, 11) is 0. The van der Waals surface area contributed by atoms with E-state index in [4.69, 9.17) is 0 Å². The molecule has 78 valence electrons. The molecule has 0 unspecified atom stereocenters. The van der Waals surface area contributed by atoms with Gasteiger partial charge in [0.1, 0.15) is 0 Å². The summed E-state index contributed by atoms with van der Waals surface area (Å²) in [4.78, 5) is 4.27. The molecule has 2 nitrogen and oxygen atoms in total. The number of nitrogens with zero attached hydrogens (tertiary/aromatic N) is 1. The first-order valence-electron chi connectivity index (χ1n) is 5.20. The molecule has 0 saturated carbocycles. The van der Waals surface area contributed by atoms with Gasteiger partial charge in [-0.25, -0.2) is 0 Å². The van der Waals surface area contributed by atoms with Crippen LogP contribution in [0.2, 0.25) is 0 Å². The molecule has 0 aliphatic heterocycles. The maximum absolute atomic E-state index is 4.27. The summed E-state index contributed by atoms with van der Waals surface area (Å²) in [5.41, 5.74) is 2.61. The summed E-state index contributed by atoms with van der Waals surface area (Å²) in [5, 5.41) is 3.53. The van der Waals surface area contributed by atoms with Gasteiger partial charge in [0, 0.05) is 24.0 Å². The highest BCUT2D eigenvalue weighted by molar-refractivity contribution is 5.18. The van der Waals surface area contributed by atoms with Crippen LogP contribution in [0.25, 0.3) is 0 Å². The van der Waals surface area contributed by atoms with Gasteiger partial charge in [-0.05, 0) is 38.8 Å². The Morgan fingerprint density at radius 3 is 2.71 bits per heavy atom. The van der Waals surface area contributed by atoms with E-state index in [1.807, 2.05) is 12.3 Å². The second-order valence-electron chi connectivity index (χ2n) is 4.34. The first-order valence-corrected chi connectivity index (χ1v) is 5.20. The van der Waals surface area contributed by atoms with Gasteiger partial charge in [0.15, 0.2) is 0 Å². The fourth-order valence-corrected chi connectivity index (χ4v) is 1.16. The van der Waals surface area contributed by atoms with Gasteiger partial charge >= 0.3 is 0 Å². The van der Waals surface area contributed by atoms with Crippen molar-refractivity contribution in [2.24, 2.45) is 0 Å². The molecule has 0 aliphatic carbocycles. The molecule has 0 saturated heterocycles. The van der Waals surface area contributed by atoms with E-state index in [0.717, 1.165) is 18.7 Å². The molecule has 2 heteroatoms. The van der Waals surface area contributed by atoms with E-state index in [2.05, 4.69) is 44.1 Å². The van der Waals surface area contributed by atoms with Crippen LogP contribution in [-0.4, -0.2) is 10.5 Å². The second-order valence-corrected chi connectivity index (χ2v) is 4.34. The van der Waals surface area contributed by atoms with Gasteiger partial charge in [-0.15, -0.1) is 0 Å². The van der Waals surface area contributed by atoms with Gasteiger partial charge in [0.05, 0.1) is 0 Å². The summed E-state index contributed by atoms with van der Waals surface area (Å²) in [6.07, 6.45) is 2.97. The first kappa shape index (κ1) is 11.2. The van der Waals surface area contributed by atoms with Gasteiger partial charge in [-0.1, -0.05) is 13.0 Å². The predicted octanol–water partition coefficient (Wildman–Crippen LogP) is 2.67. The molecular formula is C12H20N2. The topological polar surface area (TPSA) is 24.9 Å². The number of hydrogen-bond donors (Lipinski definition) is 1. The largest absolute Gasteiger partial charge is 0.308 e. The van der Waals surface area contributed by atoms with Crippen LogP contribution in [0.1, 0.15) is 38.4 Å². The number of aromatic nitrogens is 1. The molecule has 0 atom stereocenters. The molecule has 14 heavy (non-hydrogen) atoms. The van der Waals surface area contributed by atoms with Crippen LogP contribution in [-0.2, 0) is 6.54 Å². The normalized spacial score (nSPS) is 11.7. The molecule has 0 fully saturated rings. The Morgan fingerprint density at radius 1 is 1.43 bits per heavy atom. The highest BCUT2D eigenvalue weighted by Crippen LogP contribution is 2.10. The fraction of sp³-hybridized carbons (Fsp3) is 0.583. The van der Waals surface area contributed by atoms with Gasteiger partial charge in [-0.2, -0.15) is 0 Å². The zero-order valence-corrected chi connectivity index (χ0v) is 9.59. The Balaban J connectivity index is 2.58. The zero-order chi connectivity index (χ0) is 10.6. The van der Waals surface area contributed by atoms with E-state index in [1.165, 1.54) is 5.56 Å². The van der Waals surface area contributed by atoms with Crippen LogP contribution < -0.4 is 5.32 Å². The predicted molar refractivity (Wildman–Crippen MR) is 60.2 cm³/mol. The number of rotatable bonds is 4. The minimum absolute atomic E-state index is 0.211.